The fraction of sp³-hybridized carbons (Fsp3) is 0.846. The molecule has 0 aliphatic carbocycles. The van der Waals surface area contributed by atoms with E-state index in [9.17, 15) is 19.0 Å². The number of allylic oxidation sites excluding steroid dienone is 8. The molecule has 0 aliphatic rings. The fourth-order valence-electron chi connectivity index (χ4n) is 9.15. The van der Waals surface area contributed by atoms with Crippen LogP contribution in [0, 0.1) is 0 Å². The molecule has 75 heavy (non-hydrogen) atoms. The van der Waals surface area contributed by atoms with E-state index in [-0.39, 0.29) is 32.0 Å². The number of phosphoric ester groups is 1. The van der Waals surface area contributed by atoms with E-state index in [4.69, 9.17) is 18.5 Å². The third-order valence-electron chi connectivity index (χ3n) is 14.1. The highest BCUT2D eigenvalue weighted by atomic mass is 31.2. The van der Waals surface area contributed by atoms with E-state index in [1.54, 1.807) is 0 Å². The lowest BCUT2D eigenvalue weighted by atomic mass is 10.0. The maximum absolute atomic E-state index is 12.8. The molecule has 0 aliphatic heterocycles. The molecule has 440 valence electrons. The number of phosphoric acid groups is 1. The van der Waals surface area contributed by atoms with Crippen LogP contribution >= 0.6 is 7.82 Å². The SMILES string of the molecule is CCC/C=C\CCCCCCCC(=O)OCC(COP(=O)(O)OCC[N+](C)(C)C)OC(=O)CCCCCCCCCCCCCCCCCCCCCCCCCCCC/C=C\C/C=C\C/C=C\CCCCCCC. The second-order valence-electron chi connectivity index (χ2n) is 22.8. The van der Waals surface area contributed by atoms with E-state index in [0.29, 0.717) is 17.4 Å². The molecule has 0 saturated carbocycles. The van der Waals surface area contributed by atoms with Crippen LogP contribution in [0.15, 0.2) is 48.6 Å². The van der Waals surface area contributed by atoms with Gasteiger partial charge in [-0.3, -0.25) is 18.6 Å². The van der Waals surface area contributed by atoms with E-state index in [1.165, 1.54) is 199 Å². The smallest absolute Gasteiger partial charge is 0.462 e. The predicted octanol–water partition coefficient (Wildman–Crippen LogP) is 20.1. The first-order valence-corrected chi connectivity index (χ1v) is 33.4. The number of carbonyl (C=O) groups excluding carboxylic acids is 2. The Bertz CT molecular complexity index is 1410. The highest BCUT2D eigenvalue weighted by Gasteiger charge is 2.27. The minimum Gasteiger partial charge on any atom is -0.462 e. The van der Waals surface area contributed by atoms with Crippen LogP contribution < -0.4 is 0 Å². The Morgan fingerprint density at radius 3 is 1.13 bits per heavy atom. The minimum absolute atomic E-state index is 0.0320. The average molecular weight is 1080 g/mol. The number of hydrogen-bond acceptors (Lipinski definition) is 7. The number of hydrogen-bond donors (Lipinski definition) is 1. The van der Waals surface area contributed by atoms with Crippen molar-refractivity contribution in [3.05, 3.63) is 48.6 Å². The van der Waals surface area contributed by atoms with E-state index in [1.807, 2.05) is 21.1 Å². The minimum atomic E-state index is -4.38. The number of nitrogens with zero attached hydrogens (tertiary/aromatic N) is 1. The van der Waals surface area contributed by atoms with Gasteiger partial charge in [0.15, 0.2) is 6.10 Å². The van der Waals surface area contributed by atoms with Crippen molar-refractivity contribution in [3.8, 4) is 0 Å². The van der Waals surface area contributed by atoms with E-state index >= 15 is 0 Å². The average Bonchev–Trinajstić information content (AvgIpc) is 3.37. The summed E-state index contributed by atoms with van der Waals surface area (Å²) in [4.78, 5) is 35.5. The fourth-order valence-corrected chi connectivity index (χ4v) is 9.89. The lowest BCUT2D eigenvalue weighted by Crippen LogP contribution is -2.37. The van der Waals surface area contributed by atoms with Crippen molar-refractivity contribution in [1.82, 2.24) is 0 Å². The summed E-state index contributed by atoms with van der Waals surface area (Å²) in [7, 11) is 1.48. The lowest BCUT2D eigenvalue weighted by molar-refractivity contribution is -0.870. The number of carbonyl (C=O) groups is 2. The van der Waals surface area contributed by atoms with Crippen LogP contribution in [-0.2, 0) is 32.7 Å². The van der Waals surface area contributed by atoms with Crippen LogP contribution in [0.1, 0.15) is 303 Å². The van der Waals surface area contributed by atoms with Crippen molar-refractivity contribution >= 4 is 19.8 Å². The Balaban J connectivity index is 3.80. The summed E-state index contributed by atoms with van der Waals surface area (Å²) < 4.78 is 34.5. The number of esters is 2. The van der Waals surface area contributed by atoms with Crippen LogP contribution in [0.5, 0.6) is 0 Å². The molecule has 0 bridgehead atoms. The third-order valence-corrected chi connectivity index (χ3v) is 15.0. The van der Waals surface area contributed by atoms with Gasteiger partial charge in [-0.1, -0.05) is 268 Å². The molecule has 1 N–H and O–H groups in total. The van der Waals surface area contributed by atoms with Crippen molar-refractivity contribution in [3.63, 3.8) is 0 Å². The van der Waals surface area contributed by atoms with Crippen LogP contribution in [-0.4, -0.2) is 74.9 Å². The maximum atomic E-state index is 12.8. The molecule has 0 saturated heterocycles. The monoisotopic (exact) mass is 1080 g/mol. The molecule has 0 rings (SSSR count). The summed E-state index contributed by atoms with van der Waals surface area (Å²) in [6.07, 6.45) is 72.5. The van der Waals surface area contributed by atoms with Gasteiger partial charge in [-0.05, 0) is 70.6 Å². The van der Waals surface area contributed by atoms with Crippen molar-refractivity contribution in [2.75, 3.05) is 47.5 Å². The summed E-state index contributed by atoms with van der Waals surface area (Å²) in [6, 6.07) is 0. The number of ether oxygens (including phenoxy) is 2. The largest absolute Gasteiger partial charge is 0.472 e. The van der Waals surface area contributed by atoms with Crippen LogP contribution in [0.3, 0.4) is 0 Å². The molecule has 10 heteroatoms. The van der Waals surface area contributed by atoms with E-state index < -0.39 is 26.5 Å². The number of rotatable bonds is 59. The van der Waals surface area contributed by atoms with Gasteiger partial charge in [0.05, 0.1) is 27.7 Å². The lowest BCUT2D eigenvalue weighted by Gasteiger charge is -2.24. The third kappa shape index (κ3) is 61.1. The highest BCUT2D eigenvalue weighted by molar-refractivity contribution is 7.47. The molecule has 0 aromatic heterocycles. The standard InChI is InChI=1S/C65H122NO8P/c1-6-8-10-12-14-16-18-19-20-21-22-23-24-25-26-27-28-29-30-31-32-33-34-35-36-37-38-39-40-41-42-43-44-45-46-47-48-50-52-54-56-58-65(68)74-63(62-73-75(69,70)72-60-59-66(3,4)5)61-71-64(67)57-55-53-51-49-17-15-13-11-9-7-2/h11,13,18-19,21-22,24-25,63H,6-10,12,14-17,20,23,26-62H2,1-5H3/p+1/b13-11-,19-18-,22-21-,25-24-. The maximum Gasteiger partial charge on any atom is 0.472 e. The van der Waals surface area contributed by atoms with Gasteiger partial charge in [0.25, 0.3) is 0 Å². The van der Waals surface area contributed by atoms with Crippen molar-refractivity contribution < 1.29 is 42.1 Å². The summed E-state index contributed by atoms with van der Waals surface area (Å²) in [6.45, 7) is 4.37. The molecule has 0 aromatic rings. The molecule has 0 fully saturated rings. The van der Waals surface area contributed by atoms with Crippen molar-refractivity contribution in [2.24, 2.45) is 0 Å². The summed E-state index contributed by atoms with van der Waals surface area (Å²) in [5.41, 5.74) is 0. The first kappa shape index (κ1) is 73.0. The second-order valence-corrected chi connectivity index (χ2v) is 24.2. The summed E-state index contributed by atoms with van der Waals surface area (Å²) >= 11 is 0. The number of quaternary nitrogens is 1. The zero-order chi connectivity index (χ0) is 54.9. The molecular weight excluding hydrogens is 954 g/mol. The van der Waals surface area contributed by atoms with Gasteiger partial charge in [0.1, 0.15) is 19.8 Å². The van der Waals surface area contributed by atoms with Gasteiger partial charge in [-0.25, -0.2) is 4.57 Å². The molecule has 9 nitrogen and oxygen atoms in total. The molecule has 2 unspecified atom stereocenters. The van der Waals surface area contributed by atoms with Gasteiger partial charge in [-0.2, -0.15) is 0 Å². The van der Waals surface area contributed by atoms with Crippen LogP contribution in [0.2, 0.25) is 0 Å². The molecular formula is C65H123NO8P+. The normalized spacial score (nSPS) is 13.5. The Morgan fingerprint density at radius 2 is 0.747 bits per heavy atom. The topological polar surface area (TPSA) is 108 Å². The van der Waals surface area contributed by atoms with Gasteiger partial charge >= 0.3 is 19.8 Å². The molecule has 0 spiro atoms. The number of unbranched alkanes of at least 4 members (excludes halogenated alkanes) is 37. The molecule has 0 aromatic carbocycles. The Hall–Kier alpha value is -2.03. The van der Waals surface area contributed by atoms with Gasteiger partial charge in [0, 0.05) is 12.8 Å². The van der Waals surface area contributed by atoms with Gasteiger partial charge in [-0.15, -0.1) is 0 Å². The zero-order valence-electron chi connectivity index (χ0n) is 50.0. The molecule has 2 atom stereocenters. The first-order valence-electron chi connectivity index (χ1n) is 31.9. The van der Waals surface area contributed by atoms with Gasteiger partial charge < -0.3 is 18.9 Å². The predicted molar refractivity (Wildman–Crippen MR) is 321 cm³/mol. The Morgan fingerprint density at radius 1 is 0.413 bits per heavy atom. The first-order chi connectivity index (χ1) is 36.5. The quantitative estimate of drug-likeness (QED) is 0.0211. The van der Waals surface area contributed by atoms with Crippen molar-refractivity contribution in [1.29, 1.82) is 0 Å². The van der Waals surface area contributed by atoms with E-state index in [0.717, 1.165) is 70.6 Å². The summed E-state index contributed by atoms with van der Waals surface area (Å²) in [5.74, 6) is -0.799. The van der Waals surface area contributed by atoms with E-state index in [2.05, 4.69) is 62.5 Å². The Kier molecular flexibility index (Phi) is 55.1. The molecule has 0 heterocycles. The zero-order valence-corrected chi connectivity index (χ0v) is 50.9. The van der Waals surface area contributed by atoms with Crippen molar-refractivity contribution in [2.45, 2.75) is 309 Å². The Labute approximate surface area is 464 Å². The van der Waals surface area contributed by atoms with Gasteiger partial charge in [0.2, 0.25) is 0 Å². The second kappa shape index (κ2) is 56.7. The number of likely N-dealkylation sites (N-methyl/N-ethyl adjacent to an activating group) is 1. The summed E-state index contributed by atoms with van der Waals surface area (Å²) in [5, 5.41) is 0. The molecule has 0 radical (unpaired) electrons. The van der Waals surface area contributed by atoms with Crippen LogP contribution in [0.4, 0.5) is 0 Å². The van der Waals surface area contributed by atoms with Crippen LogP contribution in [0.25, 0.3) is 0 Å². The highest BCUT2D eigenvalue weighted by Crippen LogP contribution is 2.43. The molecule has 0 amide bonds.